The summed E-state index contributed by atoms with van der Waals surface area (Å²) < 4.78 is 22.8. The van der Waals surface area contributed by atoms with Gasteiger partial charge in [0.2, 0.25) is 0 Å². The van der Waals surface area contributed by atoms with Crippen molar-refractivity contribution in [3.05, 3.63) is 0 Å². The van der Waals surface area contributed by atoms with Gasteiger partial charge in [0.05, 0.1) is 12.1 Å². The first-order valence-corrected chi connectivity index (χ1v) is 9.81. The van der Waals surface area contributed by atoms with Crippen LogP contribution in [0.3, 0.4) is 0 Å². The molecular formula is C20H36N4O4. The van der Waals surface area contributed by atoms with Gasteiger partial charge < -0.3 is 18.9 Å². The van der Waals surface area contributed by atoms with Gasteiger partial charge in [0, 0.05) is 39.3 Å². The summed E-state index contributed by atoms with van der Waals surface area (Å²) in [4.78, 5) is 0. The Hall–Kier alpha value is -1.58. The highest BCUT2D eigenvalue weighted by atomic mass is 16.7. The predicted molar refractivity (Wildman–Crippen MR) is 105 cm³/mol. The zero-order valence-electron chi connectivity index (χ0n) is 18.7. The van der Waals surface area contributed by atoms with E-state index in [0.717, 1.165) is 0 Å². The average Bonchev–Trinajstić information content (AvgIpc) is 2.60. The molecule has 160 valence electrons. The van der Waals surface area contributed by atoms with Crippen molar-refractivity contribution in [1.29, 1.82) is 10.5 Å². The summed E-state index contributed by atoms with van der Waals surface area (Å²) in [5.41, 5.74) is -2.43. The Morgan fingerprint density at radius 2 is 0.857 bits per heavy atom. The molecule has 0 spiro atoms. The third-order valence-corrected chi connectivity index (χ3v) is 4.10. The molecule has 8 nitrogen and oxygen atoms in total. The standard InChI is InChI=1S/C20H36N4O4/c1-9-25-19(7,26-10-2)13-17(5,15-21)23-24-18(6,16-22)14-20(8,27-11-3)28-12-4/h9-14H2,1-8H3. The molecule has 0 saturated heterocycles. The van der Waals surface area contributed by atoms with Crippen molar-refractivity contribution in [2.24, 2.45) is 10.2 Å². The molecule has 0 radical (unpaired) electrons. The van der Waals surface area contributed by atoms with Crippen LogP contribution in [0.25, 0.3) is 0 Å². The maximum Gasteiger partial charge on any atom is 0.169 e. The molecule has 0 aliphatic carbocycles. The Morgan fingerprint density at radius 3 is 1.04 bits per heavy atom. The summed E-state index contributed by atoms with van der Waals surface area (Å²) in [7, 11) is 0. The molecule has 0 aromatic heterocycles. The summed E-state index contributed by atoms with van der Waals surface area (Å²) in [6.45, 7) is 16.0. The highest BCUT2D eigenvalue weighted by Gasteiger charge is 2.41. The number of nitrogens with zero attached hydrogens (tertiary/aromatic N) is 4. The van der Waals surface area contributed by atoms with Gasteiger partial charge >= 0.3 is 0 Å². The summed E-state index contributed by atoms with van der Waals surface area (Å²) in [5.74, 6) is -1.94. The molecule has 8 heteroatoms. The number of hydrogen-bond donors (Lipinski definition) is 0. The van der Waals surface area contributed by atoms with E-state index in [9.17, 15) is 10.5 Å². The maximum atomic E-state index is 9.71. The lowest BCUT2D eigenvalue weighted by Gasteiger charge is -2.34. The monoisotopic (exact) mass is 396 g/mol. The Morgan fingerprint density at radius 1 is 0.607 bits per heavy atom. The van der Waals surface area contributed by atoms with Crippen molar-refractivity contribution in [1.82, 2.24) is 0 Å². The highest BCUT2D eigenvalue weighted by Crippen LogP contribution is 2.32. The van der Waals surface area contributed by atoms with Crippen molar-refractivity contribution in [3.8, 4) is 12.1 Å². The van der Waals surface area contributed by atoms with Crippen molar-refractivity contribution in [2.45, 2.75) is 90.9 Å². The zero-order valence-corrected chi connectivity index (χ0v) is 18.7. The van der Waals surface area contributed by atoms with Crippen LogP contribution in [-0.2, 0) is 18.9 Å². The van der Waals surface area contributed by atoms with E-state index in [1.165, 1.54) is 0 Å². The lowest BCUT2D eigenvalue weighted by atomic mass is 9.94. The molecule has 0 aromatic rings. The lowest BCUT2D eigenvalue weighted by molar-refractivity contribution is -0.230. The molecule has 0 N–H and O–H groups in total. The van der Waals surface area contributed by atoms with Crippen LogP contribution in [0.1, 0.15) is 68.2 Å². The molecule has 28 heavy (non-hydrogen) atoms. The summed E-state index contributed by atoms with van der Waals surface area (Å²) >= 11 is 0. The molecule has 0 amide bonds. The molecule has 0 aliphatic heterocycles. The first kappa shape index (κ1) is 26.4. The number of azo groups is 1. The van der Waals surface area contributed by atoms with E-state index in [2.05, 4.69) is 22.4 Å². The summed E-state index contributed by atoms with van der Waals surface area (Å²) in [6, 6.07) is 4.34. The van der Waals surface area contributed by atoms with Gasteiger partial charge in [-0.05, 0) is 55.4 Å². The summed E-state index contributed by atoms with van der Waals surface area (Å²) in [6.07, 6.45) is 0.356. The van der Waals surface area contributed by atoms with Crippen LogP contribution in [0.5, 0.6) is 0 Å². The largest absolute Gasteiger partial charge is 0.350 e. The van der Waals surface area contributed by atoms with E-state index in [1.807, 2.05) is 27.7 Å². The second kappa shape index (κ2) is 11.4. The normalized spacial score (nSPS) is 16.9. The molecule has 0 aliphatic rings. The SMILES string of the molecule is CCOC(C)(CC(C)(C#N)N=NC(C)(C#N)CC(C)(OCC)OCC)OCC. The Kier molecular flexibility index (Phi) is 10.8. The van der Waals surface area contributed by atoms with Crippen LogP contribution in [0.4, 0.5) is 0 Å². The molecule has 0 rings (SSSR count). The fraction of sp³-hybridized carbons (Fsp3) is 0.900. The predicted octanol–water partition coefficient (Wildman–Crippen LogP) is 4.36. The topological polar surface area (TPSA) is 109 Å². The lowest BCUT2D eigenvalue weighted by Crippen LogP contribution is -2.42. The van der Waals surface area contributed by atoms with E-state index in [0.29, 0.717) is 26.4 Å². The number of hydrogen-bond acceptors (Lipinski definition) is 8. The van der Waals surface area contributed by atoms with E-state index in [4.69, 9.17) is 18.9 Å². The number of ether oxygens (including phenoxy) is 4. The molecule has 0 heterocycles. The molecule has 2 atom stereocenters. The van der Waals surface area contributed by atoms with Crippen LogP contribution >= 0.6 is 0 Å². The van der Waals surface area contributed by atoms with E-state index < -0.39 is 22.7 Å². The zero-order chi connectivity index (χ0) is 21.9. The first-order valence-electron chi connectivity index (χ1n) is 9.81. The third kappa shape index (κ3) is 8.62. The fourth-order valence-corrected chi connectivity index (χ4v) is 3.17. The van der Waals surface area contributed by atoms with Gasteiger partial charge in [-0.3, -0.25) is 0 Å². The van der Waals surface area contributed by atoms with Crippen molar-refractivity contribution >= 4 is 0 Å². The Labute approximate surface area is 169 Å². The molecule has 2 unspecified atom stereocenters. The third-order valence-electron chi connectivity index (χ3n) is 4.10. The van der Waals surface area contributed by atoms with Crippen LogP contribution in [0.2, 0.25) is 0 Å². The van der Waals surface area contributed by atoms with Gasteiger partial charge in [-0.1, -0.05) is 0 Å². The van der Waals surface area contributed by atoms with Crippen molar-refractivity contribution in [3.63, 3.8) is 0 Å². The molecule has 0 aromatic carbocycles. The Balaban J connectivity index is 5.62. The fourth-order valence-electron chi connectivity index (χ4n) is 3.17. The molecular weight excluding hydrogens is 360 g/mol. The van der Waals surface area contributed by atoms with Crippen molar-refractivity contribution < 1.29 is 18.9 Å². The number of nitriles is 2. The molecule has 0 bridgehead atoms. The van der Waals surface area contributed by atoms with Gasteiger partial charge in [0.1, 0.15) is 0 Å². The maximum absolute atomic E-state index is 9.71. The minimum absolute atomic E-state index is 0.178. The minimum Gasteiger partial charge on any atom is -0.350 e. The van der Waals surface area contributed by atoms with Crippen LogP contribution in [-0.4, -0.2) is 49.1 Å². The van der Waals surface area contributed by atoms with Gasteiger partial charge in [0.15, 0.2) is 22.7 Å². The first-order chi connectivity index (χ1) is 13.0. The van der Waals surface area contributed by atoms with Crippen LogP contribution in [0.15, 0.2) is 10.2 Å². The second-order valence-corrected chi connectivity index (χ2v) is 7.32. The highest BCUT2D eigenvalue weighted by molar-refractivity contribution is 5.09. The van der Waals surface area contributed by atoms with E-state index in [1.54, 1.807) is 27.7 Å². The van der Waals surface area contributed by atoms with Crippen LogP contribution in [0, 0.1) is 22.7 Å². The van der Waals surface area contributed by atoms with E-state index >= 15 is 0 Å². The number of rotatable bonds is 14. The van der Waals surface area contributed by atoms with Gasteiger partial charge in [-0.25, -0.2) is 0 Å². The van der Waals surface area contributed by atoms with Gasteiger partial charge in [-0.15, -0.1) is 0 Å². The average molecular weight is 397 g/mol. The second-order valence-electron chi connectivity index (χ2n) is 7.32. The smallest absolute Gasteiger partial charge is 0.169 e. The van der Waals surface area contributed by atoms with Crippen molar-refractivity contribution in [2.75, 3.05) is 26.4 Å². The Bertz CT molecular complexity index is 522. The minimum atomic E-state index is -1.22. The van der Waals surface area contributed by atoms with Gasteiger partial charge in [-0.2, -0.15) is 20.8 Å². The van der Waals surface area contributed by atoms with E-state index in [-0.39, 0.29) is 12.8 Å². The molecule has 0 fully saturated rings. The summed E-state index contributed by atoms with van der Waals surface area (Å²) in [5, 5.41) is 27.9. The quantitative estimate of drug-likeness (QED) is 0.319. The van der Waals surface area contributed by atoms with Gasteiger partial charge in [0.25, 0.3) is 0 Å². The molecule has 0 saturated carbocycles. The van der Waals surface area contributed by atoms with Crippen LogP contribution < -0.4 is 0 Å².